The van der Waals surface area contributed by atoms with Crippen molar-refractivity contribution in [1.29, 1.82) is 0 Å². The predicted molar refractivity (Wildman–Crippen MR) is 90.1 cm³/mol. The lowest BCUT2D eigenvalue weighted by Gasteiger charge is -2.35. The lowest BCUT2D eigenvalue weighted by molar-refractivity contribution is 0.163. The Morgan fingerprint density at radius 2 is 2.32 bits per heavy atom. The van der Waals surface area contributed by atoms with Gasteiger partial charge in [-0.05, 0) is 31.4 Å². The highest BCUT2D eigenvalue weighted by atomic mass is 16.2. The third-order valence-corrected chi connectivity index (χ3v) is 4.33. The highest BCUT2D eigenvalue weighted by molar-refractivity contribution is 5.91. The van der Waals surface area contributed by atoms with E-state index in [9.17, 15) is 4.79 Å². The van der Waals surface area contributed by atoms with E-state index in [2.05, 4.69) is 30.6 Å². The number of carbonyl (C=O) groups excluding carboxylic acids is 1. The van der Waals surface area contributed by atoms with Gasteiger partial charge in [0.25, 0.3) is 0 Å². The molecule has 25 heavy (non-hydrogen) atoms. The third kappa shape index (κ3) is 3.08. The molecule has 1 fully saturated rings. The number of pyridine rings is 1. The van der Waals surface area contributed by atoms with E-state index >= 15 is 0 Å². The molecule has 2 N–H and O–H groups in total. The molecule has 128 valence electrons. The molecule has 0 spiro atoms. The molecule has 0 radical (unpaired) electrons. The Morgan fingerprint density at radius 3 is 3.12 bits per heavy atom. The Morgan fingerprint density at radius 1 is 1.36 bits per heavy atom. The second-order valence-electron chi connectivity index (χ2n) is 5.88. The van der Waals surface area contributed by atoms with Gasteiger partial charge < -0.3 is 10.2 Å². The van der Waals surface area contributed by atoms with Gasteiger partial charge in [-0.25, -0.2) is 19.4 Å². The van der Waals surface area contributed by atoms with E-state index in [0.717, 1.165) is 24.8 Å². The molecule has 0 aliphatic carbocycles. The number of hydrogen-bond donors (Lipinski definition) is 2. The zero-order valence-corrected chi connectivity index (χ0v) is 13.5. The van der Waals surface area contributed by atoms with Gasteiger partial charge in [-0.1, -0.05) is 0 Å². The summed E-state index contributed by atoms with van der Waals surface area (Å²) < 4.78 is 1.53. The van der Waals surface area contributed by atoms with Gasteiger partial charge in [-0.3, -0.25) is 5.10 Å². The molecule has 9 nitrogen and oxygen atoms in total. The van der Waals surface area contributed by atoms with E-state index in [1.165, 1.54) is 11.0 Å². The molecule has 1 aliphatic rings. The van der Waals surface area contributed by atoms with Gasteiger partial charge in [0.1, 0.15) is 12.7 Å². The number of anilines is 1. The Bertz CT molecular complexity index is 830. The molecule has 1 aliphatic heterocycles. The van der Waals surface area contributed by atoms with Crippen molar-refractivity contribution in [1.82, 2.24) is 34.8 Å². The summed E-state index contributed by atoms with van der Waals surface area (Å²) >= 11 is 0. The number of amides is 2. The minimum atomic E-state index is -0.153. The van der Waals surface area contributed by atoms with E-state index in [4.69, 9.17) is 0 Å². The fraction of sp³-hybridized carbons (Fsp3) is 0.312. The average molecular weight is 338 g/mol. The largest absolute Gasteiger partial charge is 0.322 e. The van der Waals surface area contributed by atoms with Crippen molar-refractivity contribution in [3.63, 3.8) is 0 Å². The molecule has 0 aromatic carbocycles. The summed E-state index contributed by atoms with van der Waals surface area (Å²) in [6.07, 6.45) is 11.3. The first-order chi connectivity index (χ1) is 12.3. The summed E-state index contributed by atoms with van der Waals surface area (Å²) in [4.78, 5) is 23.0. The number of carbonyl (C=O) groups is 1. The van der Waals surface area contributed by atoms with E-state index < -0.39 is 0 Å². The third-order valence-electron chi connectivity index (χ3n) is 4.33. The maximum Gasteiger partial charge on any atom is 0.322 e. The summed E-state index contributed by atoms with van der Waals surface area (Å²) in [6.45, 7) is 0.709. The van der Waals surface area contributed by atoms with Gasteiger partial charge in [-0.2, -0.15) is 10.2 Å². The highest BCUT2D eigenvalue weighted by Crippen LogP contribution is 2.31. The smallest absolute Gasteiger partial charge is 0.317 e. The Balaban J connectivity index is 1.57. The van der Waals surface area contributed by atoms with Crippen LogP contribution in [0.5, 0.6) is 0 Å². The van der Waals surface area contributed by atoms with Crippen molar-refractivity contribution >= 4 is 11.7 Å². The first-order valence-corrected chi connectivity index (χ1v) is 8.19. The van der Waals surface area contributed by atoms with Crippen LogP contribution in [0.1, 0.15) is 30.9 Å². The van der Waals surface area contributed by atoms with Crippen molar-refractivity contribution in [2.24, 2.45) is 0 Å². The zero-order valence-electron chi connectivity index (χ0n) is 13.5. The van der Waals surface area contributed by atoms with E-state index in [0.29, 0.717) is 18.1 Å². The maximum atomic E-state index is 12.9. The Kier molecular flexibility index (Phi) is 4.11. The second-order valence-corrected chi connectivity index (χ2v) is 5.88. The summed E-state index contributed by atoms with van der Waals surface area (Å²) in [5, 5.41) is 13.9. The highest BCUT2D eigenvalue weighted by Gasteiger charge is 2.29. The lowest BCUT2D eigenvalue weighted by Crippen LogP contribution is -2.41. The van der Waals surface area contributed by atoms with Gasteiger partial charge in [0.05, 0.1) is 17.9 Å². The van der Waals surface area contributed by atoms with E-state index in [1.54, 1.807) is 30.9 Å². The molecule has 4 rings (SSSR count). The van der Waals surface area contributed by atoms with Gasteiger partial charge >= 0.3 is 6.03 Å². The summed E-state index contributed by atoms with van der Waals surface area (Å²) in [5.74, 6) is 0.533. The molecule has 0 unspecified atom stereocenters. The predicted octanol–water partition coefficient (Wildman–Crippen LogP) is 2.14. The minimum absolute atomic E-state index is 0.0268. The topological polar surface area (TPSA) is 105 Å². The van der Waals surface area contributed by atoms with Crippen LogP contribution in [-0.4, -0.2) is 47.4 Å². The molecule has 1 saturated heterocycles. The van der Waals surface area contributed by atoms with Crippen LogP contribution in [-0.2, 0) is 0 Å². The van der Waals surface area contributed by atoms with Crippen molar-refractivity contribution in [3.8, 4) is 5.82 Å². The maximum absolute atomic E-state index is 12.9. The fourth-order valence-corrected chi connectivity index (χ4v) is 3.15. The van der Waals surface area contributed by atoms with E-state index in [1.807, 2.05) is 11.1 Å². The van der Waals surface area contributed by atoms with Crippen LogP contribution in [0.25, 0.3) is 5.82 Å². The number of rotatable bonds is 3. The first-order valence-electron chi connectivity index (χ1n) is 8.19. The van der Waals surface area contributed by atoms with Gasteiger partial charge in [0, 0.05) is 24.5 Å². The molecule has 3 aromatic rings. The molecule has 0 saturated carbocycles. The zero-order chi connectivity index (χ0) is 17.1. The van der Waals surface area contributed by atoms with Gasteiger partial charge in [0.15, 0.2) is 5.82 Å². The van der Waals surface area contributed by atoms with E-state index in [-0.39, 0.29) is 12.1 Å². The molecular weight excluding hydrogens is 320 g/mol. The number of hydrogen-bond acceptors (Lipinski definition) is 5. The number of likely N-dealkylation sites (tertiary alicyclic amines) is 1. The molecule has 0 bridgehead atoms. The quantitative estimate of drug-likeness (QED) is 0.761. The molecule has 9 heteroatoms. The van der Waals surface area contributed by atoms with Crippen LogP contribution in [0, 0.1) is 0 Å². The summed E-state index contributed by atoms with van der Waals surface area (Å²) in [6, 6.07) is 3.46. The monoisotopic (exact) mass is 338 g/mol. The molecule has 3 aromatic heterocycles. The number of aromatic nitrogens is 6. The van der Waals surface area contributed by atoms with Crippen molar-refractivity contribution in [2.45, 2.75) is 25.3 Å². The number of urea groups is 1. The van der Waals surface area contributed by atoms with Crippen LogP contribution in [0.15, 0.2) is 43.4 Å². The number of aromatic amines is 1. The summed E-state index contributed by atoms with van der Waals surface area (Å²) in [7, 11) is 0. The number of nitrogens with zero attached hydrogens (tertiary/aromatic N) is 6. The van der Waals surface area contributed by atoms with Crippen molar-refractivity contribution in [2.75, 3.05) is 11.9 Å². The normalized spacial score (nSPS) is 17.4. The molecule has 2 amide bonds. The van der Waals surface area contributed by atoms with Crippen LogP contribution in [0.3, 0.4) is 0 Å². The standard InChI is InChI=1S/C16H18N8O/c25-16(23-7-2-1-5-14(23)12-8-19-20-9-12)22-13-4-3-6-18-15(13)24-11-17-10-21-24/h3-4,6,8-11,14H,1-2,5,7H2,(H,19,20)(H,22,25)/t14-/m1/s1. The Labute approximate surface area is 144 Å². The SMILES string of the molecule is O=C(Nc1cccnc1-n1cncn1)N1CCCC[C@@H]1c1cn[nH]c1. The average Bonchev–Trinajstić information content (AvgIpc) is 3.36. The minimum Gasteiger partial charge on any atom is -0.317 e. The van der Waals surface area contributed by atoms with Crippen molar-refractivity contribution in [3.05, 3.63) is 48.9 Å². The molecule has 4 heterocycles. The lowest BCUT2D eigenvalue weighted by atomic mass is 9.98. The number of nitrogens with one attached hydrogen (secondary N) is 2. The fourth-order valence-electron chi connectivity index (χ4n) is 3.15. The van der Waals surface area contributed by atoms with Crippen LogP contribution >= 0.6 is 0 Å². The first kappa shape index (κ1) is 15.3. The van der Waals surface area contributed by atoms with Crippen molar-refractivity contribution < 1.29 is 4.79 Å². The number of H-pyrrole nitrogens is 1. The van der Waals surface area contributed by atoms with Gasteiger partial charge in [-0.15, -0.1) is 0 Å². The Hall–Kier alpha value is -3.23. The number of piperidine rings is 1. The molecule has 1 atom stereocenters. The van der Waals surface area contributed by atoms with Crippen LogP contribution in [0.2, 0.25) is 0 Å². The van der Waals surface area contributed by atoms with Crippen LogP contribution < -0.4 is 5.32 Å². The summed E-state index contributed by atoms with van der Waals surface area (Å²) in [5.41, 5.74) is 1.62. The van der Waals surface area contributed by atoms with Crippen LogP contribution in [0.4, 0.5) is 10.5 Å². The second kappa shape index (κ2) is 6.71. The van der Waals surface area contributed by atoms with Gasteiger partial charge in [0.2, 0.25) is 0 Å². The molecular formula is C16H18N8O.